The molecule has 0 saturated carbocycles. The molecule has 1 fully saturated rings. The third-order valence-electron chi connectivity index (χ3n) is 4.48. The van der Waals surface area contributed by atoms with Gasteiger partial charge in [-0.1, -0.05) is 54.6 Å². The molecule has 0 bridgehead atoms. The van der Waals surface area contributed by atoms with Crippen LogP contribution in [0.1, 0.15) is 17.5 Å². The summed E-state index contributed by atoms with van der Waals surface area (Å²) in [4.78, 5) is 14.1. The van der Waals surface area contributed by atoms with Crippen molar-refractivity contribution in [2.24, 2.45) is 0 Å². The van der Waals surface area contributed by atoms with Crippen molar-refractivity contribution < 1.29 is 9.53 Å². The second-order valence-electron chi connectivity index (χ2n) is 6.51. The highest BCUT2D eigenvalue weighted by atomic mass is 16.5. The molecular formula is C22H27N3O2. The lowest BCUT2D eigenvalue weighted by Gasteiger charge is -2.29. The Bertz CT molecular complexity index is 723. The van der Waals surface area contributed by atoms with Gasteiger partial charge >= 0.3 is 6.09 Å². The molecule has 2 N–H and O–H groups in total. The van der Waals surface area contributed by atoms with Gasteiger partial charge in [0.05, 0.1) is 0 Å². The molecule has 0 radical (unpaired) electrons. The van der Waals surface area contributed by atoms with Crippen LogP contribution in [0.15, 0.2) is 60.7 Å². The summed E-state index contributed by atoms with van der Waals surface area (Å²) >= 11 is 0. The van der Waals surface area contributed by atoms with Crippen molar-refractivity contribution in [1.29, 1.82) is 0 Å². The fourth-order valence-corrected chi connectivity index (χ4v) is 2.97. The van der Waals surface area contributed by atoms with E-state index < -0.39 is 0 Å². The molecule has 5 heteroatoms. The maximum absolute atomic E-state index is 11.7. The minimum atomic E-state index is -0.382. The molecule has 5 nitrogen and oxygen atoms in total. The molecule has 1 saturated heterocycles. The van der Waals surface area contributed by atoms with Crippen molar-refractivity contribution in [3.63, 3.8) is 0 Å². The van der Waals surface area contributed by atoms with Gasteiger partial charge in [-0.05, 0) is 29.7 Å². The first kappa shape index (κ1) is 19.0. The summed E-state index contributed by atoms with van der Waals surface area (Å²) in [7, 11) is 0. The monoisotopic (exact) mass is 365 g/mol. The highest BCUT2D eigenvalue weighted by Gasteiger charge is 2.09. The molecule has 1 heterocycles. The quantitative estimate of drug-likeness (QED) is 0.738. The fraction of sp³-hybridized carbons (Fsp3) is 0.318. The van der Waals surface area contributed by atoms with Crippen LogP contribution < -0.4 is 15.5 Å². The van der Waals surface area contributed by atoms with Gasteiger partial charge in [0.2, 0.25) is 0 Å². The second kappa shape index (κ2) is 10.4. The Balaban J connectivity index is 1.33. The standard InChI is InChI=1S/C22H27N3O2/c26-22(27-18-20-7-2-1-3-8-20)24-13-5-4-6-19-9-11-21(12-10-19)25-16-14-23-15-17-25/h1-4,6-12,23H,5,13-18H2,(H,24,26). The number of ether oxygens (including phenoxy) is 1. The van der Waals surface area contributed by atoms with Gasteiger partial charge in [0.25, 0.3) is 0 Å². The fourth-order valence-electron chi connectivity index (χ4n) is 2.97. The molecule has 0 aliphatic carbocycles. The summed E-state index contributed by atoms with van der Waals surface area (Å²) in [6.45, 7) is 5.05. The van der Waals surface area contributed by atoms with Crippen molar-refractivity contribution in [2.75, 3.05) is 37.6 Å². The van der Waals surface area contributed by atoms with E-state index in [0.29, 0.717) is 13.2 Å². The van der Waals surface area contributed by atoms with E-state index in [2.05, 4.69) is 52.0 Å². The van der Waals surface area contributed by atoms with Crippen LogP contribution in [-0.4, -0.2) is 38.8 Å². The minimum absolute atomic E-state index is 0.294. The summed E-state index contributed by atoms with van der Waals surface area (Å²) in [6.07, 6.45) is 4.53. The molecule has 0 atom stereocenters. The van der Waals surface area contributed by atoms with Crippen LogP contribution >= 0.6 is 0 Å². The van der Waals surface area contributed by atoms with Gasteiger partial charge in [-0.3, -0.25) is 0 Å². The van der Waals surface area contributed by atoms with Crippen LogP contribution in [0.4, 0.5) is 10.5 Å². The average Bonchev–Trinajstić information content (AvgIpc) is 2.74. The molecule has 1 aliphatic heterocycles. The van der Waals surface area contributed by atoms with E-state index in [-0.39, 0.29) is 6.09 Å². The maximum atomic E-state index is 11.7. The third-order valence-corrected chi connectivity index (χ3v) is 4.48. The summed E-state index contributed by atoms with van der Waals surface area (Å²) < 4.78 is 5.18. The maximum Gasteiger partial charge on any atom is 0.407 e. The third kappa shape index (κ3) is 6.46. The first-order chi connectivity index (χ1) is 13.3. The summed E-state index contributed by atoms with van der Waals surface area (Å²) in [5.41, 5.74) is 3.42. The van der Waals surface area contributed by atoms with Crippen molar-refractivity contribution in [3.05, 3.63) is 71.8 Å². The van der Waals surface area contributed by atoms with Crippen molar-refractivity contribution in [3.8, 4) is 0 Å². The molecule has 0 spiro atoms. The Labute approximate surface area is 161 Å². The van der Waals surface area contributed by atoms with Crippen LogP contribution in [0.2, 0.25) is 0 Å². The number of anilines is 1. The highest BCUT2D eigenvalue weighted by molar-refractivity contribution is 5.67. The van der Waals surface area contributed by atoms with Crippen molar-refractivity contribution in [1.82, 2.24) is 10.6 Å². The molecule has 27 heavy (non-hydrogen) atoms. The van der Waals surface area contributed by atoms with Crippen LogP contribution in [0, 0.1) is 0 Å². The number of carbonyl (C=O) groups is 1. The van der Waals surface area contributed by atoms with Gasteiger partial charge in [0, 0.05) is 38.4 Å². The Morgan fingerprint density at radius 3 is 2.56 bits per heavy atom. The number of nitrogens with one attached hydrogen (secondary N) is 2. The van der Waals surface area contributed by atoms with Gasteiger partial charge in [0.15, 0.2) is 0 Å². The molecule has 1 amide bonds. The zero-order chi connectivity index (χ0) is 18.7. The van der Waals surface area contributed by atoms with E-state index in [0.717, 1.165) is 38.2 Å². The number of alkyl carbamates (subject to hydrolysis) is 1. The number of hydrogen-bond acceptors (Lipinski definition) is 4. The molecule has 142 valence electrons. The Kier molecular flexibility index (Phi) is 7.30. The SMILES string of the molecule is O=C(NCCC=Cc1ccc(N2CCNCC2)cc1)OCc1ccccc1. The Morgan fingerprint density at radius 2 is 1.81 bits per heavy atom. The Hall–Kier alpha value is -2.79. The lowest BCUT2D eigenvalue weighted by Crippen LogP contribution is -2.43. The zero-order valence-electron chi connectivity index (χ0n) is 15.6. The minimum Gasteiger partial charge on any atom is -0.445 e. The summed E-state index contributed by atoms with van der Waals surface area (Å²) in [5, 5.41) is 6.13. The molecular weight excluding hydrogens is 338 g/mol. The number of rotatable bonds is 7. The molecule has 0 unspecified atom stereocenters. The molecule has 3 rings (SSSR count). The van der Waals surface area contributed by atoms with Gasteiger partial charge < -0.3 is 20.3 Å². The van der Waals surface area contributed by atoms with Gasteiger partial charge in [0.1, 0.15) is 6.61 Å². The topological polar surface area (TPSA) is 53.6 Å². The van der Waals surface area contributed by atoms with Crippen molar-refractivity contribution in [2.45, 2.75) is 13.0 Å². The zero-order valence-corrected chi connectivity index (χ0v) is 15.6. The summed E-state index contributed by atoms with van der Waals surface area (Å²) in [6, 6.07) is 18.3. The number of nitrogens with zero attached hydrogens (tertiary/aromatic N) is 1. The molecule has 1 aliphatic rings. The van der Waals surface area contributed by atoms with E-state index in [4.69, 9.17) is 4.74 Å². The van der Waals surface area contributed by atoms with Crippen molar-refractivity contribution >= 4 is 17.9 Å². The van der Waals surface area contributed by atoms with E-state index in [9.17, 15) is 4.79 Å². The average molecular weight is 365 g/mol. The Morgan fingerprint density at radius 1 is 1.07 bits per heavy atom. The highest BCUT2D eigenvalue weighted by Crippen LogP contribution is 2.16. The predicted molar refractivity (Wildman–Crippen MR) is 110 cm³/mol. The number of piperazine rings is 1. The molecule has 0 aromatic heterocycles. The normalized spacial score (nSPS) is 14.3. The second-order valence-corrected chi connectivity index (χ2v) is 6.51. The van der Waals surface area contributed by atoms with E-state index in [1.165, 1.54) is 11.3 Å². The number of amides is 1. The van der Waals surface area contributed by atoms with E-state index >= 15 is 0 Å². The smallest absolute Gasteiger partial charge is 0.407 e. The van der Waals surface area contributed by atoms with Crippen LogP contribution in [0.5, 0.6) is 0 Å². The number of benzene rings is 2. The lowest BCUT2D eigenvalue weighted by atomic mass is 10.1. The first-order valence-corrected chi connectivity index (χ1v) is 9.48. The van der Waals surface area contributed by atoms with Gasteiger partial charge in [-0.2, -0.15) is 0 Å². The molecule has 2 aromatic rings. The predicted octanol–water partition coefficient (Wildman–Crippen LogP) is 3.43. The van der Waals surface area contributed by atoms with Gasteiger partial charge in [-0.25, -0.2) is 4.79 Å². The van der Waals surface area contributed by atoms with Crippen LogP contribution in [-0.2, 0) is 11.3 Å². The number of hydrogen-bond donors (Lipinski definition) is 2. The van der Waals surface area contributed by atoms with Crippen LogP contribution in [0.3, 0.4) is 0 Å². The number of carbonyl (C=O) groups excluding carboxylic acids is 1. The van der Waals surface area contributed by atoms with Crippen LogP contribution in [0.25, 0.3) is 6.08 Å². The first-order valence-electron chi connectivity index (χ1n) is 9.48. The van der Waals surface area contributed by atoms with Gasteiger partial charge in [-0.15, -0.1) is 0 Å². The van der Waals surface area contributed by atoms with E-state index in [1.54, 1.807) is 0 Å². The largest absolute Gasteiger partial charge is 0.445 e. The van der Waals surface area contributed by atoms with E-state index in [1.807, 2.05) is 30.3 Å². The summed E-state index contributed by atoms with van der Waals surface area (Å²) in [5.74, 6) is 0. The molecule has 2 aromatic carbocycles. The lowest BCUT2D eigenvalue weighted by molar-refractivity contribution is 0.140.